The Bertz CT molecular complexity index is 573. The van der Waals surface area contributed by atoms with E-state index < -0.39 is 0 Å². The van der Waals surface area contributed by atoms with Crippen LogP contribution in [-0.2, 0) is 0 Å². The van der Waals surface area contributed by atoms with Gasteiger partial charge in [-0.1, -0.05) is 30.3 Å². The normalized spacial score (nSPS) is 16.4. The summed E-state index contributed by atoms with van der Waals surface area (Å²) in [7, 11) is 0. The molecule has 2 aromatic carbocycles. The van der Waals surface area contributed by atoms with Crippen LogP contribution in [0.15, 0.2) is 54.6 Å². The highest BCUT2D eigenvalue weighted by Crippen LogP contribution is 2.26. The van der Waals surface area contributed by atoms with Crippen LogP contribution in [-0.4, -0.2) is 37.8 Å². The second kappa shape index (κ2) is 8.87. The molecular weight excluding hydrogens is 315 g/mol. The molecule has 1 heterocycles. The van der Waals surface area contributed by atoms with Crippen molar-refractivity contribution in [2.45, 2.75) is 6.04 Å². The summed E-state index contributed by atoms with van der Waals surface area (Å²) in [5.74, 6) is 1.58. The third-order valence-corrected chi connectivity index (χ3v) is 3.98. The molecule has 0 radical (unpaired) electrons. The number of piperazine rings is 1. The lowest BCUT2D eigenvalue weighted by Crippen LogP contribution is -2.45. The van der Waals surface area contributed by atoms with Crippen LogP contribution in [0.5, 0.6) is 11.5 Å². The van der Waals surface area contributed by atoms with E-state index >= 15 is 0 Å². The lowest BCUT2D eigenvalue weighted by atomic mass is 10.1. The average molecular weight is 337 g/mol. The van der Waals surface area contributed by atoms with E-state index in [-0.39, 0.29) is 25.1 Å². The van der Waals surface area contributed by atoms with Crippen LogP contribution >= 0.6 is 12.4 Å². The second-order valence-electron chi connectivity index (χ2n) is 5.44. The molecule has 1 aliphatic rings. The number of rotatable bonds is 5. The van der Waals surface area contributed by atoms with Gasteiger partial charge in [0.05, 0.1) is 6.04 Å². The van der Waals surface area contributed by atoms with Crippen molar-refractivity contribution < 1.29 is 9.13 Å². The van der Waals surface area contributed by atoms with E-state index in [1.807, 2.05) is 54.6 Å². The van der Waals surface area contributed by atoms with Gasteiger partial charge in [-0.2, -0.15) is 0 Å². The lowest BCUT2D eigenvalue weighted by molar-refractivity contribution is 0.147. The van der Waals surface area contributed by atoms with Crippen LogP contribution in [0.1, 0.15) is 11.6 Å². The number of hydrogen-bond acceptors (Lipinski definition) is 3. The molecule has 1 fully saturated rings. The summed E-state index contributed by atoms with van der Waals surface area (Å²) >= 11 is 0. The minimum atomic E-state index is -0.362. The van der Waals surface area contributed by atoms with Crippen molar-refractivity contribution in [1.29, 1.82) is 0 Å². The molecule has 5 heteroatoms. The number of alkyl halides is 1. The monoisotopic (exact) mass is 336 g/mol. The molecule has 124 valence electrons. The molecule has 0 amide bonds. The maximum Gasteiger partial charge on any atom is 0.127 e. The van der Waals surface area contributed by atoms with Gasteiger partial charge in [0.1, 0.15) is 18.2 Å². The quantitative estimate of drug-likeness (QED) is 0.898. The number of hydrogen-bond donors (Lipinski definition) is 1. The highest BCUT2D eigenvalue weighted by Gasteiger charge is 2.21. The summed E-state index contributed by atoms with van der Waals surface area (Å²) in [6.07, 6.45) is 0. The molecule has 1 saturated heterocycles. The summed E-state index contributed by atoms with van der Waals surface area (Å²) in [4.78, 5) is 2.20. The molecule has 0 spiro atoms. The number of halogens is 2. The van der Waals surface area contributed by atoms with Gasteiger partial charge >= 0.3 is 0 Å². The first-order valence-electron chi connectivity index (χ1n) is 7.70. The van der Waals surface area contributed by atoms with Crippen molar-refractivity contribution in [1.82, 2.24) is 10.2 Å². The maximum absolute atomic E-state index is 13.5. The smallest absolute Gasteiger partial charge is 0.127 e. The van der Waals surface area contributed by atoms with Crippen LogP contribution in [0.2, 0.25) is 0 Å². The van der Waals surface area contributed by atoms with E-state index in [0.29, 0.717) is 0 Å². The Hall–Kier alpha value is -1.62. The highest BCUT2D eigenvalue weighted by molar-refractivity contribution is 5.85. The fraction of sp³-hybridized carbons (Fsp3) is 0.333. The molecule has 2 aromatic rings. The Kier molecular flexibility index (Phi) is 6.84. The Morgan fingerprint density at radius 1 is 0.957 bits per heavy atom. The van der Waals surface area contributed by atoms with Crippen molar-refractivity contribution in [3.8, 4) is 11.5 Å². The van der Waals surface area contributed by atoms with Gasteiger partial charge in [0.2, 0.25) is 0 Å². The number of benzene rings is 2. The standard InChI is InChI=1S/C18H21FN2O.ClH/c19-14-18(21-12-10-20-11-13-21)15-6-8-17(9-7-15)22-16-4-2-1-3-5-16;/h1-9,18,20H,10-14H2;1H/t18-;/m0./s1. The fourth-order valence-corrected chi connectivity index (χ4v) is 2.77. The van der Waals surface area contributed by atoms with Gasteiger partial charge in [-0.05, 0) is 29.8 Å². The van der Waals surface area contributed by atoms with Crippen molar-refractivity contribution >= 4 is 12.4 Å². The van der Waals surface area contributed by atoms with Crippen molar-refractivity contribution in [3.63, 3.8) is 0 Å². The predicted molar refractivity (Wildman–Crippen MR) is 93.4 cm³/mol. The van der Waals surface area contributed by atoms with E-state index in [0.717, 1.165) is 43.2 Å². The van der Waals surface area contributed by atoms with E-state index in [2.05, 4.69) is 10.2 Å². The SMILES string of the molecule is Cl.FC[C@@H](c1ccc(Oc2ccccc2)cc1)N1CCNCC1. The minimum absolute atomic E-state index is 0. The zero-order valence-corrected chi connectivity index (χ0v) is 13.8. The molecule has 23 heavy (non-hydrogen) atoms. The summed E-state index contributed by atoms with van der Waals surface area (Å²) in [5.41, 5.74) is 1.00. The van der Waals surface area contributed by atoms with Gasteiger partial charge in [0, 0.05) is 26.2 Å². The van der Waals surface area contributed by atoms with Crippen molar-refractivity contribution in [2.75, 3.05) is 32.9 Å². The molecule has 0 saturated carbocycles. The number of nitrogens with one attached hydrogen (secondary N) is 1. The molecule has 1 N–H and O–H groups in total. The molecule has 0 aliphatic carbocycles. The zero-order valence-electron chi connectivity index (χ0n) is 13.0. The number of para-hydroxylation sites is 1. The molecule has 3 rings (SSSR count). The summed E-state index contributed by atoms with van der Waals surface area (Å²) in [6.45, 7) is 3.25. The van der Waals surface area contributed by atoms with E-state index in [1.165, 1.54) is 0 Å². The average Bonchev–Trinajstić information content (AvgIpc) is 2.59. The van der Waals surface area contributed by atoms with Crippen LogP contribution < -0.4 is 10.1 Å². The molecule has 0 unspecified atom stereocenters. The summed E-state index contributed by atoms with van der Waals surface area (Å²) in [5, 5.41) is 3.30. The number of ether oxygens (including phenoxy) is 1. The Morgan fingerprint density at radius 2 is 1.57 bits per heavy atom. The van der Waals surface area contributed by atoms with Crippen LogP contribution in [0.25, 0.3) is 0 Å². The topological polar surface area (TPSA) is 24.5 Å². The van der Waals surface area contributed by atoms with E-state index in [4.69, 9.17) is 4.74 Å². The maximum atomic E-state index is 13.5. The third-order valence-electron chi connectivity index (χ3n) is 3.98. The summed E-state index contributed by atoms with van der Waals surface area (Å²) < 4.78 is 19.3. The van der Waals surface area contributed by atoms with Gasteiger partial charge in [0.15, 0.2) is 0 Å². The van der Waals surface area contributed by atoms with Gasteiger partial charge in [-0.3, -0.25) is 4.90 Å². The van der Waals surface area contributed by atoms with Gasteiger partial charge in [0.25, 0.3) is 0 Å². The fourth-order valence-electron chi connectivity index (χ4n) is 2.77. The molecule has 1 aliphatic heterocycles. The molecule has 1 atom stereocenters. The molecule has 0 bridgehead atoms. The second-order valence-corrected chi connectivity index (χ2v) is 5.44. The van der Waals surface area contributed by atoms with Crippen LogP contribution in [0, 0.1) is 0 Å². The van der Waals surface area contributed by atoms with E-state index in [9.17, 15) is 4.39 Å². The Labute approximate surface area is 142 Å². The largest absolute Gasteiger partial charge is 0.457 e. The lowest BCUT2D eigenvalue weighted by Gasteiger charge is -2.33. The van der Waals surface area contributed by atoms with E-state index in [1.54, 1.807) is 0 Å². The Balaban J connectivity index is 0.00000192. The first kappa shape index (κ1) is 17.7. The van der Waals surface area contributed by atoms with Gasteiger partial charge in [-0.25, -0.2) is 4.39 Å². The highest BCUT2D eigenvalue weighted by atomic mass is 35.5. The first-order valence-corrected chi connectivity index (χ1v) is 7.70. The third kappa shape index (κ3) is 4.67. The van der Waals surface area contributed by atoms with Crippen molar-refractivity contribution in [3.05, 3.63) is 60.2 Å². The first-order chi connectivity index (χ1) is 10.9. The minimum Gasteiger partial charge on any atom is -0.457 e. The zero-order chi connectivity index (χ0) is 15.2. The van der Waals surface area contributed by atoms with Crippen LogP contribution in [0.4, 0.5) is 4.39 Å². The van der Waals surface area contributed by atoms with Gasteiger partial charge in [-0.15, -0.1) is 12.4 Å². The number of nitrogens with zero attached hydrogens (tertiary/aromatic N) is 1. The molecular formula is C18H22ClFN2O. The summed E-state index contributed by atoms with van der Waals surface area (Å²) in [6, 6.07) is 17.2. The van der Waals surface area contributed by atoms with Crippen LogP contribution in [0.3, 0.4) is 0 Å². The predicted octanol–water partition coefficient (Wildman–Crippen LogP) is 3.82. The van der Waals surface area contributed by atoms with Crippen molar-refractivity contribution in [2.24, 2.45) is 0 Å². The molecule has 3 nitrogen and oxygen atoms in total. The van der Waals surface area contributed by atoms with Gasteiger partial charge < -0.3 is 10.1 Å². The molecule has 0 aromatic heterocycles. The Morgan fingerprint density at radius 3 is 2.17 bits per heavy atom.